The van der Waals surface area contributed by atoms with Crippen LogP contribution in [0, 0.1) is 0 Å². The Morgan fingerprint density at radius 3 is 2.38 bits per heavy atom. The number of carbonyl (C=O) groups excluding carboxylic acids is 1. The molecule has 180 valence electrons. The Morgan fingerprint density at radius 2 is 1.76 bits per heavy atom. The second kappa shape index (κ2) is 9.03. The largest absolute Gasteiger partial charge is 0.438 e. The van der Waals surface area contributed by atoms with Crippen LogP contribution in [0.3, 0.4) is 0 Å². The highest BCUT2D eigenvalue weighted by Gasteiger charge is 2.33. The molecule has 0 atom stereocenters. The van der Waals surface area contributed by atoms with Crippen molar-refractivity contribution in [1.82, 2.24) is 9.97 Å². The first-order valence-corrected chi connectivity index (χ1v) is 11.3. The maximum absolute atomic E-state index is 13.1. The molecule has 0 unspecified atom stereocenters. The fraction of sp³-hybridized carbons (Fsp3) is 0.227. The second-order valence-corrected chi connectivity index (χ2v) is 9.89. The summed E-state index contributed by atoms with van der Waals surface area (Å²) in [6.45, 7) is 5.75. The van der Waals surface area contributed by atoms with Crippen molar-refractivity contribution in [3.63, 3.8) is 0 Å². The number of anilines is 1. The monoisotopic (exact) mass is 494 g/mol. The van der Waals surface area contributed by atoms with Gasteiger partial charge in [0.25, 0.3) is 5.91 Å². The van der Waals surface area contributed by atoms with Gasteiger partial charge in [-0.15, -0.1) is 0 Å². The molecule has 34 heavy (non-hydrogen) atoms. The van der Waals surface area contributed by atoms with Crippen molar-refractivity contribution >= 4 is 21.6 Å². The predicted octanol–water partition coefficient (Wildman–Crippen LogP) is 4.48. The molecule has 3 N–H and O–H groups in total. The van der Waals surface area contributed by atoms with Crippen molar-refractivity contribution in [2.24, 2.45) is 5.14 Å². The number of benzene rings is 1. The normalized spacial score (nSPS) is 12.3. The maximum Gasteiger partial charge on any atom is 0.433 e. The number of nitrogens with one attached hydrogen (secondary N) is 1. The summed E-state index contributed by atoms with van der Waals surface area (Å²) >= 11 is 0. The first-order chi connectivity index (χ1) is 15.6. The van der Waals surface area contributed by atoms with E-state index in [-0.39, 0.29) is 33.2 Å². The van der Waals surface area contributed by atoms with Crippen LogP contribution < -0.4 is 15.2 Å². The SMILES string of the molecule is CC(C)(C)c1ccc(C(=O)Nc2cncc(S(N)(=O)=O)c2)c(Oc2cccc(C(F)(F)F)n2)c1. The van der Waals surface area contributed by atoms with Gasteiger partial charge in [-0.1, -0.05) is 32.9 Å². The molecule has 2 heterocycles. The maximum atomic E-state index is 13.1. The first kappa shape index (κ1) is 25.1. The molecule has 3 rings (SSSR count). The Hall–Kier alpha value is -3.51. The fourth-order valence-corrected chi connectivity index (χ4v) is 3.34. The number of amides is 1. The Bertz CT molecular complexity index is 1340. The Labute approximate surface area is 194 Å². The van der Waals surface area contributed by atoms with Gasteiger partial charge in [-0.05, 0) is 35.2 Å². The number of pyridine rings is 2. The highest BCUT2D eigenvalue weighted by molar-refractivity contribution is 7.89. The highest BCUT2D eigenvalue weighted by atomic mass is 32.2. The van der Waals surface area contributed by atoms with Crippen LogP contribution in [0.2, 0.25) is 0 Å². The van der Waals surface area contributed by atoms with E-state index in [0.29, 0.717) is 0 Å². The molecule has 3 aromatic rings. The molecule has 1 aromatic carbocycles. The third-order valence-corrected chi connectivity index (χ3v) is 5.50. The number of primary sulfonamides is 1. The lowest BCUT2D eigenvalue weighted by atomic mass is 9.86. The van der Waals surface area contributed by atoms with E-state index in [1.807, 2.05) is 20.8 Å². The van der Waals surface area contributed by atoms with E-state index in [9.17, 15) is 26.4 Å². The molecule has 0 saturated carbocycles. The van der Waals surface area contributed by atoms with E-state index in [1.54, 1.807) is 6.07 Å². The standard InChI is InChI=1S/C22H21F3N4O4S/c1-21(2,3)13-7-8-16(20(30)28-14-10-15(12-27-11-14)34(26,31)32)17(9-13)33-19-6-4-5-18(29-19)22(23,24)25/h4-12H,1-3H3,(H,28,30)(H2,26,31,32). The molecule has 0 spiro atoms. The van der Waals surface area contributed by atoms with Gasteiger partial charge in [0.1, 0.15) is 16.3 Å². The third-order valence-electron chi connectivity index (χ3n) is 4.62. The van der Waals surface area contributed by atoms with Crippen molar-refractivity contribution in [1.29, 1.82) is 0 Å². The summed E-state index contributed by atoms with van der Waals surface area (Å²) < 4.78 is 67.9. The lowest BCUT2D eigenvalue weighted by Gasteiger charge is -2.21. The van der Waals surface area contributed by atoms with Gasteiger partial charge in [0.2, 0.25) is 15.9 Å². The van der Waals surface area contributed by atoms with Crippen LogP contribution in [0.5, 0.6) is 11.6 Å². The van der Waals surface area contributed by atoms with Gasteiger partial charge in [0.05, 0.1) is 17.4 Å². The van der Waals surface area contributed by atoms with Gasteiger partial charge in [0, 0.05) is 12.3 Å². The minimum absolute atomic E-state index is 0.0202. The quantitative estimate of drug-likeness (QED) is 0.539. The molecule has 0 radical (unpaired) electrons. The molecular formula is C22H21F3N4O4S. The summed E-state index contributed by atoms with van der Waals surface area (Å²) in [4.78, 5) is 19.9. The van der Waals surface area contributed by atoms with Crippen molar-refractivity contribution in [3.8, 4) is 11.6 Å². The molecule has 2 aromatic heterocycles. The summed E-state index contributed by atoms with van der Waals surface area (Å²) in [5.41, 5.74) is -0.729. The van der Waals surface area contributed by atoms with Gasteiger partial charge in [-0.25, -0.2) is 18.5 Å². The molecule has 0 bridgehead atoms. The number of nitrogens with two attached hydrogens (primary N) is 1. The van der Waals surface area contributed by atoms with Gasteiger partial charge < -0.3 is 10.1 Å². The average Bonchev–Trinajstić information content (AvgIpc) is 2.72. The Morgan fingerprint density at radius 1 is 1.06 bits per heavy atom. The van der Waals surface area contributed by atoms with Crippen LogP contribution in [-0.2, 0) is 21.6 Å². The van der Waals surface area contributed by atoms with Gasteiger partial charge in [-0.2, -0.15) is 13.2 Å². The van der Waals surface area contributed by atoms with Crippen LogP contribution in [-0.4, -0.2) is 24.3 Å². The number of halogens is 3. The summed E-state index contributed by atoms with van der Waals surface area (Å²) in [6, 6.07) is 8.98. The number of aromatic nitrogens is 2. The lowest BCUT2D eigenvalue weighted by molar-refractivity contribution is -0.141. The summed E-state index contributed by atoms with van der Waals surface area (Å²) in [5, 5.41) is 7.58. The van der Waals surface area contributed by atoms with Crippen LogP contribution in [0.25, 0.3) is 0 Å². The third kappa shape index (κ3) is 6.08. The van der Waals surface area contributed by atoms with Crippen molar-refractivity contribution in [2.45, 2.75) is 37.3 Å². The van der Waals surface area contributed by atoms with Crippen molar-refractivity contribution in [3.05, 3.63) is 71.7 Å². The van der Waals surface area contributed by atoms with E-state index in [2.05, 4.69) is 15.3 Å². The molecule has 8 nitrogen and oxygen atoms in total. The van der Waals surface area contributed by atoms with Gasteiger partial charge in [0.15, 0.2) is 0 Å². The fourth-order valence-electron chi connectivity index (χ4n) is 2.84. The summed E-state index contributed by atoms with van der Waals surface area (Å²) in [6.07, 6.45) is -2.43. The Kier molecular flexibility index (Phi) is 6.67. The first-order valence-electron chi connectivity index (χ1n) is 9.80. The number of hydrogen-bond acceptors (Lipinski definition) is 6. The molecule has 0 fully saturated rings. The van der Waals surface area contributed by atoms with Gasteiger partial charge >= 0.3 is 6.18 Å². The van der Waals surface area contributed by atoms with E-state index < -0.39 is 27.8 Å². The average molecular weight is 494 g/mol. The smallest absolute Gasteiger partial charge is 0.433 e. The lowest BCUT2D eigenvalue weighted by Crippen LogP contribution is -2.17. The number of nitrogens with zero attached hydrogens (tertiary/aromatic N) is 2. The molecule has 0 aliphatic carbocycles. The van der Waals surface area contributed by atoms with E-state index in [4.69, 9.17) is 9.88 Å². The molecule has 0 aliphatic rings. The van der Waals surface area contributed by atoms with E-state index >= 15 is 0 Å². The highest BCUT2D eigenvalue weighted by Crippen LogP contribution is 2.33. The minimum Gasteiger partial charge on any atom is -0.438 e. The number of carbonyl (C=O) groups is 1. The van der Waals surface area contributed by atoms with Gasteiger partial charge in [-0.3, -0.25) is 9.78 Å². The molecular weight excluding hydrogens is 473 g/mol. The zero-order valence-electron chi connectivity index (χ0n) is 18.3. The minimum atomic E-state index is -4.67. The number of sulfonamides is 1. The topological polar surface area (TPSA) is 124 Å². The molecule has 0 saturated heterocycles. The zero-order chi connectivity index (χ0) is 25.3. The number of alkyl halides is 3. The second-order valence-electron chi connectivity index (χ2n) is 8.33. The number of hydrogen-bond donors (Lipinski definition) is 2. The Balaban J connectivity index is 2.00. The summed E-state index contributed by atoms with van der Waals surface area (Å²) in [5.74, 6) is -1.10. The number of ether oxygens (including phenoxy) is 1. The van der Waals surface area contributed by atoms with E-state index in [1.165, 1.54) is 24.4 Å². The van der Waals surface area contributed by atoms with Crippen LogP contribution in [0.4, 0.5) is 18.9 Å². The van der Waals surface area contributed by atoms with Crippen LogP contribution in [0.1, 0.15) is 42.4 Å². The molecule has 0 aliphatic heterocycles. The zero-order valence-corrected chi connectivity index (χ0v) is 19.2. The van der Waals surface area contributed by atoms with Crippen LogP contribution >= 0.6 is 0 Å². The van der Waals surface area contributed by atoms with E-state index in [0.717, 1.165) is 30.0 Å². The van der Waals surface area contributed by atoms with Crippen LogP contribution in [0.15, 0.2) is 59.8 Å². The van der Waals surface area contributed by atoms with Crippen molar-refractivity contribution < 1.29 is 31.1 Å². The molecule has 1 amide bonds. The predicted molar refractivity (Wildman–Crippen MR) is 118 cm³/mol. The molecule has 12 heteroatoms. The number of rotatable bonds is 5. The summed E-state index contributed by atoms with van der Waals surface area (Å²) in [7, 11) is -4.05. The van der Waals surface area contributed by atoms with Crippen molar-refractivity contribution in [2.75, 3.05) is 5.32 Å².